The average Bonchev–Trinajstić information content (AvgIpc) is 3.24. The minimum Gasteiger partial charge on any atom is -0.448 e. The summed E-state index contributed by atoms with van der Waals surface area (Å²) in [5.41, 5.74) is 1.78. The highest BCUT2D eigenvalue weighted by Crippen LogP contribution is 2.25. The molecule has 2 aromatic carbocycles. The lowest BCUT2D eigenvalue weighted by atomic mass is 9.98. The molecule has 0 spiro atoms. The van der Waals surface area contributed by atoms with Crippen LogP contribution in [0.1, 0.15) is 33.8 Å². The molecule has 0 aliphatic rings. The molecule has 8 heteroatoms. The molecule has 1 N–H and O–H groups in total. The molecule has 0 radical (unpaired) electrons. The Balaban J connectivity index is 1.72. The average molecular weight is 410 g/mol. The van der Waals surface area contributed by atoms with Crippen molar-refractivity contribution >= 4 is 28.2 Å². The summed E-state index contributed by atoms with van der Waals surface area (Å²) in [5, 5.41) is 13.5. The maximum absolute atomic E-state index is 12.7. The summed E-state index contributed by atoms with van der Waals surface area (Å²) in [4.78, 5) is 35.1. The molecule has 0 bridgehead atoms. The highest BCUT2D eigenvalue weighted by molar-refractivity contribution is 7.17. The molecule has 0 aliphatic carbocycles. The van der Waals surface area contributed by atoms with E-state index in [0.717, 1.165) is 11.1 Å². The van der Waals surface area contributed by atoms with Crippen molar-refractivity contribution in [3.63, 3.8) is 0 Å². The van der Waals surface area contributed by atoms with Crippen LogP contribution in [-0.2, 0) is 9.53 Å². The van der Waals surface area contributed by atoms with Gasteiger partial charge in [0.25, 0.3) is 5.91 Å². The third-order valence-electron chi connectivity index (χ3n) is 4.18. The number of benzene rings is 2. The number of nitrogens with zero attached hydrogens (tertiary/aromatic N) is 1. The molecule has 1 atom stereocenters. The SMILES string of the molecule is C[C@@H](OC(=O)c1ccc([N+](=O)[O-])s1)C(=O)NC(c1ccccc1)c1ccccc1. The number of esters is 1. The first-order valence-corrected chi connectivity index (χ1v) is 9.63. The summed E-state index contributed by atoms with van der Waals surface area (Å²) in [6.07, 6.45) is -1.07. The van der Waals surface area contributed by atoms with Crippen molar-refractivity contribution in [2.24, 2.45) is 0 Å². The van der Waals surface area contributed by atoms with Crippen molar-refractivity contribution in [3.05, 3.63) is 98.9 Å². The molecule has 29 heavy (non-hydrogen) atoms. The summed E-state index contributed by atoms with van der Waals surface area (Å²) < 4.78 is 5.20. The van der Waals surface area contributed by atoms with E-state index in [0.29, 0.717) is 11.3 Å². The fourth-order valence-electron chi connectivity index (χ4n) is 2.72. The van der Waals surface area contributed by atoms with Gasteiger partial charge in [-0.25, -0.2) is 4.79 Å². The van der Waals surface area contributed by atoms with Gasteiger partial charge in [-0.1, -0.05) is 72.0 Å². The molecule has 0 saturated carbocycles. The first-order chi connectivity index (χ1) is 14.0. The van der Waals surface area contributed by atoms with Gasteiger partial charge in [0.05, 0.1) is 11.0 Å². The standard InChI is InChI=1S/C21H18N2O5S/c1-14(28-21(25)17-12-13-18(29-17)23(26)27)20(24)22-19(15-8-4-2-5-9-15)16-10-6-3-7-11-16/h2-14,19H,1H3,(H,22,24)/t14-/m1/s1. The van der Waals surface area contributed by atoms with Crippen LogP contribution in [0.2, 0.25) is 0 Å². The van der Waals surface area contributed by atoms with E-state index in [2.05, 4.69) is 5.32 Å². The first-order valence-electron chi connectivity index (χ1n) is 8.81. The highest BCUT2D eigenvalue weighted by Gasteiger charge is 2.25. The van der Waals surface area contributed by atoms with Gasteiger partial charge in [-0.05, 0) is 24.1 Å². The Morgan fingerprint density at radius 1 is 0.966 bits per heavy atom. The summed E-state index contributed by atoms with van der Waals surface area (Å²) in [7, 11) is 0. The molecular formula is C21H18N2O5S. The van der Waals surface area contributed by atoms with Gasteiger partial charge in [-0.3, -0.25) is 14.9 Å². The predicted molar refractivity (Wildman–Crippen MR) is 109 cm³/mol. The highest BCUT2D eigenvalue weighted by atomic mass is 32.1. The van der Waals surface area contributed by atoms with E-state index >= 15 is 0 Å². The zero-order chi connectivity index (χ0) is 20.8. The van der Waals surface area contributed by atoms with Crippen LogP contribution in [0, 0.1) is 10.1 Å². The van der Waals surface area contributed by atoms with Gasteiger partial charge >= 0.3 is 11.0 Å². The van der Waals surface area contributed by atoms with Gasteiger partial charge in [-0.2, -0.15) is 0 Å². The van der Waals surface area contributed by atoms with Gasteiger partial charge in [0.1, 0.15) is 4.88 Å². The van der Waals surface area contributed by atoms with Crippen molar-refractivity contribution < 1.29 is 19.2 Å². The second-order valence-electron chi connectivity index (χ2n) is 6.21. The second-order valence-corrected chi connectivity index (χ2v) is 7.27. The molecule has 3 rings (SSSR count). The number of rotatable bonds is 7. The number of thiophene rings is 1. The maximum atomic E-state index is 12.7. The topological polar surface area (TPSA) is 98.5 Å². The maximum Gasteiger partial charge on any atom is 0.349 e. The number of hydrogen-bond donors (Lipinski definition) is 1. The third kappa shape index (κ3) is 5.05. The van der Waals surface area contributed by atoms with E-state index in [1.807, 2.05) is 60.7 Å². The van der Waals surface area contributed by atoms with E-state index in [-0.39, 0.29) is 9.88 Å². The van der Waals surface area contributed by atoms with Crippen LogP contribution in [0.15, 0.2) is 72.8 Å². The zero-order valence-electron chi connectivity index (χ0n) is 15.5. The smallest absolute Gasteiger partial charge is 0.349 e. The lowest BCUT2D eigenvalue weighted by Gasteiger charge is -2.22. The number of amides is 1. The van der Waals surface area contributed by atoms with Gasteiger partial charge in [0.15, 0.2) is 6.10 Å². The number of nitro groups is 1. The third-order valence-corrected chi connectivity index (χ3v) is 5.20. The Bertz CT molecular complexity index is 965. The second kappa shape index (κ2) is 9.11. The molecule has 1 amide bonds. The van der Waals surface area contributed by atoms with Crippen LogP contribution in [0.4, 0.5) is 5.00 Å². The van der Waals surface area contributed by atoms with Crippen LogP contribution in [0.25, 0.3) is 0 Å². The van der Waals surface area contributed by atoms with Crippen molar-refractivity contribution in [1.82, 2.24) is 5.32 Å². The Labute approximate surface area is 171 Å². The number of nitrogens with one attached hydrogen (secondary N) is 1. The molecule has 7 nitrogen and oxygen atoms in total. The van der Waals surface area contributed by atoms with Gasteiger partial charge in [0.2, 0.25) is 0 Å². The van der Waals surface area contributed by atoms with Crippen LogP contribution >= 0.6 is 11.3 Å². The Hall–Kier alpha value is -3.52. The van der Waals surface area contributed by atoms with Gasteiger partial charge < -0.3 is 10.1 Å². The summed E-state index contributed by atoms with van der Waals surface area (Å²) >= 11 is 0.705. The summed E-state index contributed by atoms with van der Waals surface area (Å²) in [6.45, 7) is 1.46. The predicted octanol–water partition coefficient (Wildman–Crippen LogP) is 4.11. The molecule has 3 aromatic rings. The van der Waals surface area contributed by atoms with Crippen molar-refractivity contribution in [1.29, 1.82) is 0 Å². The van der Waals surface area contributed by atoms with Crippen LogP contribution in [0.5, 0.6) is 0 Å². The van der Waals surface area contributed by atoms with E-state index < -0.39 is 28.9 Å². The quantitative estimate of drug-likeness (QED) is 0.359. The molecular weight excluding hydrogens is 392 g/mol. The molecule has 1 heterocycles. The van der Waals surface area contributed by atoms with Crippen LogP contribution in [0.3, 0.4) is 0 Å². The van der Waals surface area contributed by atoms with E-state index in [9.17, 15) is 19.7 Å². The van der Waals surface area contributed by atoms with Gasteiger partial charge in [0, 0.05) is 6.07 Å². The molecule has 0 unspecified atom stereocenters. The van der Waals surface area contributed by atoms with Crippen LogP contribution in [-0.4, -0.2) is 22.9 Å². The first kappa shape index (κ1) is 20.2. The van der Waals surface area contributed by atoms with E-state index in [1.165, 1.54) is 19.1 Å². The van der Waals surface area contributed by atoms with Crippen LogP contribution < -0.4 is 5.32 Å². The lowest BCUT2D eigenvalue weighted by Crippen LogP contribution is -2.38. The zero-order valence-corrected chi connectivity index (χ0v) is 16.3. The lowest BCUT2D eigenvalue weighted by molar-refractivity contribution is -0.380. The minimum absolute atomic E-state index is 0.0685. The molecule has 1 aromatic heterocycles. The molecule has 148 valence electrons. The Kier molecular flexibility index (Phi) is 6.36. The van der Waals surface area contributed by atoms with E-state index in [4.69, 9.17) is 4.74 Å². The summed E-state index contributed by atoms with van der Waals surface area (Å²) in [5.74, 6) is -1.25. The van der Waals surface area contributed by atoms with Gasteiger partial charge in [-0.15, -0.1) is 0 Å². The monoisotopic (exact) mass is 410 g/mol. The minimum atomic E-state index is -1.07. The van der Waals surface area contributed by atoms with Crippen molar-refractivity contribution in [2.75, 3.05) is 0 Å². The Morgan fingerprint density at radius 2 is 1.52 bits per heavy atom. The molecule has 0 aliphatic heterocycles. The fraction of sp³-hybridized carbons (Fsp3) is 0.143. The fourth-order valence-corrected chi connectivity index (χ4v) is 3.42. The normalized spacial score (nSPS) is 11.7. The number of hydrogen-bond acceptors (Lipinski definition) is 6. The largest absolute Gasteiger partial charge is 0.448 e. The van der Waals surface area contributed by atoms with Crippen molar-refractivity contribution in [3.8, 4) is 0 Å². The van der Waals surface area contributed by atoms with Crippen molar-refractivity contribution in [2.45, 2.75) is 19.1 Å². The Morgan fingerprint density at radius 3 is 2.00 bits per heavy atom. The summed E-state index contributed by atoms with van der Waals surface area (Å²) in [6, 6.07) is 21.0. The number of carbonyl (C=O) groups is 2. The molecule has 0 fully saturated rings. The number of ether oxygens (including phenoxy) is 1. The molecule has 0 saturated heterocycles. The number of carbonyl (C=O) groups excluding carboxylic acids is 2. The van der Waals surface area contributed by atoms with E-state index in [1.54, 1.807) is 0 Å².